The molecule has 2 aromatic carbocycles. The molecule has 6 nitrogen and oxygen atoms in total. The molecule has 1 aliphatic rings. The number of likely N-dealkylation sites (N-methyl/N-ethyl adjacent to an activating group) is 1. The number of hydrazone groups is 1. The second kappa shape index (κ2) is 8.83. The maximum atomic E-state index is 14.3. The van der Waals surface area contributed by atoms with Gasteiger partial charge in [-0.2, -0.15) is 5.10 Å². The fourth-order valence-electron chi connectivity index (χ4n) is 3.31. The van der Waals surface area contributed by atoms with Crippen LogP contribution in [0.4, 0.5) is 13.6 Å². The van der Waals surface area contributed by atoms with Crippen LogP contribution in [0, 0.1) is 11.6 Å². The van der Waals surface area contributed by atoms with Crippen LogP contribution in [0.15, 0.2) is 53.6 Å². The lowest BCUT2D eigenvalue weighted by atomic mass is 9.98. The van der Waals surface area contributed by atoms with E-state index in [-0.39, 0.29) is 13.0 Å². The van der Waals surface area contributed by atoms with Gasteiger partial charge in [-0.3, -0.25) is 4.79 Å². The van der Waals surface area contributed by atoms with E-state index in [0.717, 1.165) is 0 Å². The Bertz CT molecular complexity index is 999. The van der Waals surface area contributed by atoms with Gasteiger partial charge in [0.15, 0.2) is 0 Å². The highest BCUT2D eigenvalue weighted by Crippen LogP contribution is 2.33. The molecule has 1 heterocycles. The number of carbonyl (C=O) groups excluding carboxylic acids is 2. The fraction of sp³-hybridized carbons (Fsp3) is 0.348. The van der Waals surface area contributed by atoms with E-state index in [4.69, 9.17) is 0 Å². The maximum absolute atomic E-state index is 14.3. The molecule has 0 fully saturated rings. The predicted molar refractivity (Wildman–Crippen MR) is 114 cm³/mol. The fourth-order valence-corrected chi connectivity index (χ4v) is 3.31. The molecule has 164 valence electrons. The summed E-state index contributed by atoms with van der Waals surface area (Å²) in [7, 11) is 1.52. The van der Waals surface area contributed by atoms with E-state index >= 15 is 0 Å². The SMILES string of the molecule is CN(CC(=O)N1N=C(c2ccccc2F)C[C@H]1c1ccc(F)cc1)C(=O)NC(C)(C)C. The van der Waals surface area contributed by atoms with E-state index in [1.807, 2.05) is 20.8 Å². The van der Waals surface area contributed by atoms with Gasteiger partial charge in [0.2, 0.25) is 0 Å². The molecule has 0 saturated carbocycles. The average Bonchev–Trinajstić information content (AvgIpc) is 3.13. The van der Waals surface area contributed by atoms with Gasteiger partial charge in [-0.05, 0) is 44.5 Å². The van der Waals surface area contributed by atoms with E-state index in [2.05, 4.69) is 10.4 Å². The molecule has 0 aliphatic carbocycles. The van der Waals surface area contributed by atoms with Gasteiger partial charge < -0.3 is 10.2 Å². The number of halogens is 2. The standard InChI is InChI=1S/C23H26F2N4O2/c1-23(2,3)26-22(31)28(4)14-21(30)29-20(15-9-11-16(24)12-10-15)13-19(27-29)17-7-5-6-8-18(17)25/h5-12,20H,13-14H2,1-4H3,(H,26,31)/t20-/m0/s1. The second-order valence-corrected chi connectivity index (χ2v) is 8.57. The lowest BCUT2D eigenvalue weighted by molar-refractivity contribution is -0.133. The first-order valence-corrected chi connectivity index (χ1v) is 9.98. The van der Waals surface area contributed by atoms with Crippen molar-refractivity contribution in [2.24, 2.45) is 5.10 Å². The molecule has 31 heavy (non-hydrogen) atoms. The van der Waals surface area contributed by atoms with Gasteiger partial charge in [0.05, 0.1) is 11.8 Å². The third-order valence-corrected chi connectivity index (χ3v) is 4.81. The monoisotopic (exact) mass is 428 g/mol. The summed E-state index contributed by atoms with van der Waals surface area (Å²) in [5, 5.41) is 8.45. The molecule has 1 atom stereocenters. The summed E-state index contributed by atoms with van der Waals surface area (Å²) in [6.07, 6.45) is 0.274. The molecule has 0 aromatic heterocycles. The summed E-state index contributed by atoms with van der Waals surface area (Å²) in [5.41, 5.74) is 0.951. The Morgan fingerprint density at radius 1 is 1.13 bits per heavy atom. The zero-order valence-electron chi connectivity index (χ0n) is 18.0. The minimum absolute atomic E-state index is 0.215. The van der Waals surface area contributed by atoms with Gasteiger partial charge in [-0.15, -0.1) is 0 Å². The third kappa shape index (κ3) is 5.45. The third-order valence-electron chi connectivity index (χ3n) is 4.81. The Hall–Kier alpha value is -3.29. The van der Waals surface area contributed by atoms with Gasteiger partial charge in [-0.1, -0.05) is 30.3 Å². The van der Waals surface area contributed by atoms with Crippen molar-refractivity contribution < 1.29 is 18.4 Å². The Labute approximate surface area is 180 Å². The maximum Gasteiger partial charge on any atom is 0.318 e. The highest BCUT2D eigenvalue weighted by molar-refractivity contribution is 6.03. The molecule has 3 amide bonds. The van der Waals surface area contributed by atoms with Gasteiger partial charge in [0, 0.05) is 24.6 Å². The van der Waals surface area contributed by atoms with Crippen LogP contribution in [0.1, 0.15) is 44.4 Å². The molecule has 0 spiro atoms. The average molecular weight is 428 g/mol. The van der Waals surface area contributed by atoms with Gasteiger partial charge >= 0.3 is 6.03 Å². The van der Waals surface area contributed by atoms with Crippen molar-refractivity contribution in [1.82, 2.24) is 15.2 Å². The second-order valence-electron chi connectivity index (χ2n) is 8.57. The minimum atomic E-state index is -0.526. The number of amides is 3. The first-order valence-electron chi connectivity index (χ1n) is 9.98. The lowest BCUT2D eigenvalue weighted by Gasteiger charge is -2.27. The first-order chi connectivity index (χ1) is 14.5. The molecule has 0 unspecified atom stereocenters. The van der Waals surface area contributed by atoms with Crippen LogP contribution in [-0.4, -0.2) is 46.7 Å². The zero-order valence-corrected chi connectivity index (χ0v) is 18.0. The molecular weight excluding hydrogens is 402 g/mol. The number of nitrogens with one attached hydrogen (secondary N) is 1. The van der Waals surface area contributed by atoms with E-state index in [1.54, 1.807) is 30.3 Å². The zero-order chi connectivity index (χ0) is 22.8. The van der Waals surface area contributed by atoms with Crippen LogP contribution in [-0.2, 0) is 4.79 Å². The van der Waals surface area contributed by atoms with Crippen molar-refractivity contribution in [2.45, 2.75) is 38.8 Å². The van der Waals surface area contributed by atoms with Gasteiger partial charge in [-0.25, -0.2) is 18.6 Å². The number of hydrogen-bond acceptors (Lipinski definition) is 3. The number of rotatable bonds is 4. The summed E-state index contributed by atoms with van der Waals surface area (Å²) < 4.78 is 27.7. The van der Waals surface area contributed by atoms with Crippen LogP contribution in [0.25, 0.3) is 0 Å². The summed E-state index contributed by atoms with van der Waals surface area (Å²) in [5.74, 6) is -1.25. The van der Waals surface area contributed by atoms with Crippen molar-refractivity contribution in [3.05, 3.63) is 71.3 Å². The molecule has 0 bridgehead atoms. The van der Waals surface area contributed by atoms with Crippen molar-refractivity contribution in [1.29, 1.82) is 0 Å². The van der Waals surface area contributed by atoms with Crippen LogP contribution < -0.4 is 5.32 Å². The van der Waals surface area contributed by atoms with Crippen LogP contribution in [0.5, 0.6) is 0 Å². The molecule has 2 aromatic rings. The van der Waals surface area contributed by atoms with Gasteiger partial charge in [0.25, 0.3) is 5.91 Å². The van der Waals surface area contributed by atoms with E-state index in [0.29, 0.717) is 16.8 Å². The minimum Gasteiger partial charge on any atom is -0.333 e. The van der Waals surface area contributed by atoms with Crippen LogP contribution >= 0.6 is 0 Å². The lowest BCUT2D eigenvalue weighted by Crippen LogP contribution is -2.49. The molecule has 1 N–H and O–H groups in total. The molecule has 0 saturated heterocycles. The molecular formula is C23H26F2N4O2. The number of carbonyl (C=O) groups is 2. The Morgan fingerprint density at radius 3 is 2.39 bits per heavy atom. The highest BCUT2D eigenvalue weighted by Gasteiger charge is 2.34. The molecule has 3 rings (SSSR count). The van der Waals surface area contributed by atoms with E-state index < -0.39 is 35.2 Å². The van der Waals surface area contributed by atoms with Crippen molar-refractivity contribution in [2.75, 3.05) is 13.6 Å². The molecule has 0 radical (unpaired) electrons. The predicted octanol–water partition coefficient (Wildman–Crippen LogP) is 4.08. The number of nitrogens with zero attached hydrogens (tertiary/aromatic N) is 3. The van der Waals surface area contributed by atoms with Crippen molar-refractivity contribution >= 4 is 17.6 Å². The summed E-state index contributed by atoms with van der Waals surface area (Å²) in [6.45, 7) is 5.32. The van der Waals surface area contributed by atoms with E-state index in [9.17, 15) is 18.4 Å². The van der Waals surface area contributed by atoms with Crippen molar-refractivity contribution in [3.63, 3.8) is 0 Å². The number of benzene rings is 2. The number of urea groups is 1. The van der Waals surface area contributed by atoms with Gasteiger partial charge in [0.1, 0.15) is 18.2 Å². The summed E-state index contributed by atoms with van der Waals surface area (Å²) >= 11 is 0. The first kappa shape index (κ1) is 22.4. The summed E-state index contributed by atoms with van der Waals surface area (Å²) in [4.78, 5) is 26.7. The Kier molecular flexibility index (Phi) is 6.38. The molecule has 8 heteroatoms. The van der Waals surface area contributed by atoms with Crippen molar-refractivity contribution in [3.8, 4) is 0 Å². The topological polar surface area (TPSA) is 65.0 Å². The summed E-state index contributed by atoms with van der Waals surface area (Å²) in [6, 6.07) is 11.1. The largest absolute Gasteiger partial charge is 0.333 e. The normalized spacial score (nSPS) is 16.1. The van der Waals surface area contributed by atoms with E-state index in [1.165, 1.54) is 35.2 Å². The molecule has 1 aliphatic heterocycles. The Balaban J connectivity index is 1.86. The highest BCUT2D eigenvalue weighted by atomic mass is 19.1. The Morgan fingerprint density at radius 2 is 1.77 bits per heavy atom. The van der Waals surface area contributed by atoms with Crippen LogP contribution in [0.3, 0.4) is 0 Å². The van der Waals surface area contributed by atoms with Crippen LogP contribution in [0.2, 0.25) is 0 Å². The quantitative estimate of drug-likeness (QED) is 0.798. The number of hydrogen-bond donors (Lipinski definition) is 1. The smallest absolute Gasteiger partial charge is 0.318 e.